The van der Waals surface area contributed by atoms with E-state index in [4.69, 9.17) is 4.74 Å². The van der Waals surface area contributed by atoms with Crippen molar-refractivity contribution in [3.05, 3.63) is 29.8 Å². The maximum atomic E-state index is 11.9. The zero-order chi connectivity index (χ0) is 18.0. The third-order valence-corrected chi connectivity index (χ3v) is 5.91. The Bertz CT molecular complexity index is 686. The summed E-state index contributed by atoms with van der Waals surface area (Å²) in [5.74, 6) is 1.20. The molecular weight excluding hydrogens is 455 g/mol. The number of guanidine groups is 1. The van der Waals surface area contributed by atoms with Gasteiger partial charge < -0.3 is 19.9 Å². The molecule has 148 valence electrons. The Hall–Kier alpha value is -1.35. The van der Waals surface area contributed by atoms with Crippen molar-refractivity contribution in [3.8, 4) is 0 Å². The van der Waals surface area contributed by atoms with Crippen LogP contribution in [-0.2, 0) is 16.1 Å². The maximum Gasteiger partial charge on any atom is 0.227 e. The molecule has 1 aromatic carbocycles. The van der Waals surface area contributed by atoms with Crippen LogP contribution in [0.3, 0.4) is 0 Å². The number of amides is 1. The number of nitrogens with zero attached hydrogens (tertiary/aromatic N) is 3. The third kappa shape index (κ3) is 4.39. The van der Waals surface area contributed by atoms with Crippen molar-refractivity contribution in [2.45, 2.75) is 32.2 Å². The Balaban J connectivity index is 0.00000210. The van der Waals surface area contributed by atoms with Crippen LogP contribution in [-0.4, -0.2) is 56.7 Å². The van der Waals surface area contributed by atoms with Crippen LogP contribution in [0.15, 0.2) is 29.3 Å². The van der Waals surface area contributed by atoms with Gasteiger partial charge in [-0.25, -0.2) is 0 Å². The van der Waals surface area contributed by atoms with Gasteiger partial charge in [0.15, 0.2) is 5.96 Å². The molecule has 3 heterocycles. The Morgan fingerprint density at radius 2 is 2.07 bits per heavy atom. The summed E-state index contributed by atoms with van der Waals surface area (Å²) in [5.41, 5.74) is 2.53. The van der Waals surface area contributed by atoms with E-state index < -0.39 is 0 Å². The largest absolute Gasteiger partial charge is 0.381 e. The van der Waals surface area contributed by atoms with Gasteiger partial charge in [0.25, 0.3) is 0 Å². The van der Waals surface area contributed by atoms with E-state index in [1.165, 1.54) is 12.0 Å². The zero-order valence-electron chi connectivity index (χ0n) is 15.9. The second-order valence-corrected chi connectivity index (χ2v) is 7.69. The van der Waals surface area contributed by atoms with Gasteiger partial charge in [-0.15, -0.1) is 24.0 Å². The Morgan fingerprint density at radius 3 is 2.70 bits per heavy atom. The molecule has 6 nitrogen and oxygen atoms in total. The minimum Gasteiger partial charge on any atom is -0.381 e. The molecule has 0 saturated carbocycles. The van der Waals surface area contributed by atoms with Gasteiger partial charge in [0.05, 0.1) is 6.61 Å². The van der Waals surface area contributed by atoms with Crippen molar-refractivity contribution in [3.63, 3.8) is 0 Å². The fraction of sp³-hybridized carbons (Fsp3) is 0.600. The first-order valence-corrected chi connectivity index (χ1v) is 9.62. The highest BCUT2D eigenvalue weighted by Crippen LogP contribution is 2.38. The summed E-state index contributed by atoms with van der Waals surface area (Å²) in [6.07, 6.45) is 3.98. The van der Waals surface area contributed by atoms with E-state index >= 15 is 0 Å². The number of rotatable bonds is 3. The van der Waals surface area contributed by atoms with Crippen molar-refractivity contribution < 1.29 is 9.53 Å². The molecule has 3 aliphatic rings. The average Bonchev–Trinajstić information content (AvgIpc) is 3.40. The van der Waals surface area contributed by atoms with E-state index in [9.17, 15) is 4.79 Å². The van der Waals surface area contributed by atoms with Gasteiger partial charge in [-0.05, 0) is 37.0 Å². The van der Waals surface area contributed by atoms with Crippen molar-refractivity contribution in [2.24, 2.45) is 10.4 Å². The molecule has 3 aliphatic heterocycles. The molecule has 0 aromatic heterocycles. The smallest absolute Gasteiger partial charge is 0.227 e. The average molecular weight is 484 g/mol. The van der Waals surface area contributed by atoms with Crippen LogP contribution in [0.2, 0.25) is 0 Å². The van der Waals surface area contributed by atoms with Gasteiger partial charge in [-0.3, -0.25) is 9.79 Å². The second kappa shape index (κ2) is 8.77. The van der Waals surface area contributed by atoms with Crippen LogP contribution in [0.25, 0.3) is 0 Å². The molecule has 1 atom stereocenters. The minimum atomic E-state index is 0. The van der Waals surface area contributed by atoms with Crippen molar-refractivity contribution in [1.29, 1.82) is 0 Å². The van der Waals surface area contributed by atoms with E-state index in [2.05, 4.69) is 27.3 Å². The van der Waals surface area contributed by atoms with Gasteiger partial charge in [0.2, 0.25) is 5.91 Å². The highest BCUT2D eigenvalue weighted by atomic mass is 127. The number of hydrogen-bond acceptors (Lipinski definition) is 3. The molecule has 0 bridgehead atoms. The molecule has 27 heavy (non-hydrogen) atoms. The standard InChI is InChI=1S/C20H28N4O2.HI/c1-21-19(23-11-8-20(14-23)9-12-26-15-20)22-13-16-4-6-17(7-5-16)24-10-2-3-18(24)25;/h4-7H,2-3,8-15H2,1H3,(H,21,22);1H. The lowest BCUT2D eigenvalue weighted by molar-refractivity contribution is -0.117. The topological polar surface area (TPSA) is 57.2 Å². The number of nitrogens with one attached hydrogen (secondary N) is 1. The SMILES string of the molecule is CN=C(NCc1ccc(N2CCCC2=O)cc1)N1CCC2(CCOC2)C1.I. The van der Waals surface area contributed by atoms with E-state index in [0.717, 1.165) is 63.9 Å². The predicted molar refractivity (Wildman–Crippen MR) is 118 cm³/mol. The van der Waals surface area contributed by atoms with Crippen molar-refractivity contribution in [2.75, 3.05) is 44.8 Å². The van der Waals surface area contributed by atoms with Gasteiger partial charge in [0.1, 0.15) is 0 Å². The molecule has 0 aliphatic carbocycles. The summed E-state index contributed by atoms with van der Waals surface area (Å²) in [6.45, 7) is 5.43. The molecule has 4 rings (SSSR count). The summed E-state index contributed by atoms with van der Waals surface area (Å²) in [7, 11) is 1.85. The summed E-state index contributed by atoms with van der Waals surface area (Å²) in [6, 6.07) is 8.28. The van der Waals surface area contributed by atoms with Gasteiger partial charge in [-0.1, -0.05) is 12.1 Å². The molecule has 0 radical (unpaired) electrons. The second-order valence-electron chi connectivity index (χ2n) is 7.69. The number of aliphatic imine (C=N–C) groups is 1. The molecule has 1 spiro atoms. The molecule has 1 unspecified atom stereocenters. The van der Waals surface area contributed by atoms with Crippen LogP contribution < -0.4 is 10.2 Å². The lowest BCUT2D eigenvalue weighted by atomic mass is 9.87. The number of carbonyl (C=O) groups excluding carboxylic acids is 1. The van der Waals surface area contributed by atoms with Crippen LogP contribution >= 0.6 is 24.0 Å². The quantitative estimate of drug-likeness (QED) is 0.407. The number of anilines is 1. The maximum absolute atomic E-state index is 11.9. The van der Waals surface area contributed by atoms with Crippen LogP contribution in [0.1, 0.15) is 31.2 Å². The molecule has 1 N–H and O–H groups in total. The van der Waals surface area contributed by atoms with Gasteiger partial charge in [0, 0.05) is 57.4 Å². The summed E-state index contributed by atoms with van der Waals surface area (Å²) in [5, 5.41) is 3.49. The van der Waals surface area contributed by atoms with E-state index in [0.29, 0.717) is 11.8 Å². The molecule has 1 aromatic rings. The van der Waals surface area contributed by atoms with E-state index in [1.54, 1.807) is 0 Å². The first-order chi connectivity index (χ1) is 12.7. The van der Waals surface area contributed by atoms with Gasteiger partial charge in [-0.2, -0.15) is 0 Å². The number of likely N-dealkylation sites (tertiary alicyclic amines) is 1. The lowest BCUT2D eigenvalue weighted by Gasteiger charge is -2.25. The highest BCUT2D eigenvalue weighted by molar-refractivity contribution is 14.0. The number of benzene rings is 1. The predicted octanol–water partition coefficient (Wildman–Crippen LogP) is 2.62. The molecule has 7 heteroatoms. The molecule has 1 amide bonds. The number of hydrogen-bond donors (Lipinski definition) is 1. The number of halogens is 1. The summed E-state index contributed by atoms with van der Waals surface area (Å²) >= 11 is 0. The van der Waals surface area contributed by atoms with Crippen LogP contribution in [0.4, 0.5) is 5.69 Å². The number of ether oxygens (including phenoxy) is 1. The van der Waals surface area contributed by atoms with E-state index in [1.807, 2.05) is 24.1 Å². The fourth-order valence-corrected chi connectivity index (χ4v) is 4.32. The first kappa shape index (κ1) is 20.4. The first-order valence-electron chi connectivity index (χ1n) is 9.62. The molecule has 3 fully saturated rings. The summed E-state index contributed by atoms with van der Waals surface area (Å²) in [4.78, 5) is 20.5. The van der Waals surface area contributed by atoms with Crippen molar-refractivity contribution in [1.82, 2.24) is 10.2 Å². The zero-order valence-corrected chi connectivity index (χ0v) is 18.3. The number of carbonyl (C=O) groups is 1. The third-order valence-electron chi connectivity index (χ3n) is 5.91. The van der Waals surface area contributed by atoms with Crippen LogP contribution in [0.5, 0.6) is 0 Å². The Morgan fingerprint density at radius 1 is 1.26 bits per heavy atom. The van der Waals surface area contributed by atoms with E-state index in [-0.39, 0.29) is 29.9 Å². The monoisotopic (exact) mass is 484 g/mol. The molecular formula is C20H29IN4O2. The lowest BCUT2D eigenvalue weighted by Crippen LogP contribution is -2.41. The Labute approximate surface area is 178 Å². The fourth-order valence-electron chi connectivity index (χ4n) is 4.32. The Kier molecular flexibility index (Phi) is 6.62. The normalized spacial score (nSPS) is 25.4. The van der Waals surface area contributed by atoms with Crippen molar-refractivity contribution >= 4 is 41.5 Å². The minimum absolute atomic E-state index is 0. The molecule has 3 saturated heterocycles. The van der Waals surface area contributed by atoms with Crippen LogP contribution in [0, 0.1) is 5.41 Å². The summed E-state index contributed by atoms with van der Waals surface area (Å²) < 4.78 is 5.62. The highest BCUT2D eigenvalue weighted by Gasteiger charge is 2.42. The van der Waals surface area contributed by atoms with Gasteiger partial charge >= 0.3 is 0 Å².